The molecule has 1 fully saturated rings. The van der Waals surface area contributed by atoms with Gasteiger partial charge in [-0.3, -0.25) is 0 Å². The Morgan fingerprint density at radius 2 is 2.05 bits per heavy atom. The molecule has 0 bridgehead atoms. The second-order valence-corrected chi connectivity index (χ2v) is 7.40. The third-order valence-electron chi connectivity index (χ3n) is 3.91. The van der Waals surface area contributed by atoms with Gasteiger partial charge in [-0.25, -0.2) is 13.1 Å². The van der Waals surface area contributed by atoms with Crippen LogP contribution in [0.4, 0.5) is 5.69 Å². The summed E-state index contributed by atoms with van der Waals surface area (Å²) in [5.74, 6) is 0.210. The van der Waals surface area contributed by atoms with E-state index in [2.05, 4.69) is 4.72 Å². The van der Waals surface area contributed by atoms with Gasteiger partial charge in [0, 0.05) is 12.2 Å². The normalized spacial score (nSPS) is 23.1. The zero-order valence-corrected chi connectivity index (χ0v) is 12.7. The van der Waals surface area contributed by atoms with Gasteiger partial charge >= 0.3 is 0 Å². The molecule has 1 aromatic carbocycles. The number of sulfonamides is 1. The average molecular weight is 298 g/mol. The molecule has 0 spiro atoms. The van der Waals surface area contributed by atoms with Gasteiger partial charge in [-0.05, 0) is 62.3 Å². The Hall–Kier alpha value is -1.11. The molecule has 0 radical (unpaired) electrons. The Balaban J connectivity index is 2.14. The number of hydrogen-bond donors (Lipinski definition) is 3. The Labute approximate surface area is 120 Å². The minimum atomic E-state index is -3.55. The van der Waals surface area contributed by atoms with Gasteiger partial charge in [0.1, 0.15) is 0 Å². The van der Waals surface area contributed by atoms with Gasteiger partial charge in [-0.1, -0.05) is 0 Å². The van der Waals surface area contributed by atoms with E-state index in [1.807, 2.05) is 6.92 Å². The van der Waals surface area contributed by atoms with Crippen molar-refractivity contribution in [3.8, 4) is 0 Å². The van der Waals surface area contributed by atoms with E-state index in [-0.39, 0.29) is 16.9 Å². The number of hydrogen-bond acceptors (Lipinski definition) is 4. The van der Waals surface area contributed by atoms with Crippen molar-refractivity contribution in [1.29, 1.82) is 0 Å². The van der Waals surface area contributed by atoms with Crippen molar-refractivity contribution >= 4 is 15.7 Å². The van der Waals surface area contributed by atoms with Crippen molar-refractivity contribution in [2.45, 2.75) is 44.1 Å². The quantitative estimate of drug-likeness (QED) is 0.731. The fourth-order valence-corrected chi connectivity index (χ4v) is 4.14. The molecule has 1 aromatic rings. The molecule has 5 nitrogen and oxygen atoms in total. The van der Waals surface area contributed by atoms with Crippen molar-refractivity contribution in [1.82, 2.24) is 4.72 Å². The molecule has 112 valence electrons. The summed E-state index contributed by atoms with van der Waals surface area (Å²) in [5.41, 5.74) is 7.72. The largest absolute Gasteiger partial charge is 0.398 e. The summed E-state index contributed by atoms with van der Waals surface area (Å²) in [7, 11) is -3.55. The van der Waals surface area contributed by atoms with E-state index in [1.54, 1.807) is 19.1 Å². The summed E-state index contributed by atoms with van der Waals surface area (Å²) in [4.78, 5) is 0.244. The van der Waals surface area contributed by atoms with Crippen molar-refractivity contribution < 1.29 is 13.5 Å². The van der Waals surface area contributed by atoms with Crippen LogP contribution in [0.2, 0.25) is 0 Å². The Morgan fingerprint density at radius 3 is 2.65 bits per heavy atom. The van der Waals surface area contributed by atoms with Crippen LogP contribution < -0.4 is 10.5 Å². The monoisotopic (exact) mass is 298 g/mol. The highest BCUT2D eigenvalue weighted by Gasteiger charge is 2.25. The fourth-order valence-electron chi connectivity index (χ4n) is 2.67. The lowest BCUT2D eigenvalue weighted by Crippen LogP contribution is -2.29. The van der Waals surface area contributed by atoms with Crippen molar-refractivity contribution in [2.24, 2.45) is 5.92 Å². The maximum absolute atomic E-state index is 12.4. The Kier molecular flexibility index (Phi) is 4.36. The van der Waals surface area contributed by atoms with Crippen molar-refractivity contribution in [3.05, 3.63) is 23.3 Å². The minimum Gasteiger partial charge on any atom is -0.398 e. The standard InChI is InChI=1S/C14H22N2O3S/c1-9-5-13(15)10(2)14(6-9)20(18,19)16-8-11-3-4-12(17)7-11/h5-6,11-12,16-17H,3-4,7-8,15H2,1-2H3. The fraction of sp³-hybridized carbons (Fsp3) is 0.571. The lowest BCUT2D eigenvalue weighted by atomic mass is 10.1. The molecule has 1 aliphatic rings. The molecule has 6 heteroatoms. The SMILES string of the molecule is Cc1cc(N)c(C)c(S(=O)(=O)NCC2CCC(O)C2)c1. The molecule has 0 saturated heterocycles. The number of aliphatic hydroxyl groups is 1. The van der Waals surface area contributed by atoms with Gasteiger partial charge in [-0.15, -0.1) is 0 Å². The third-order valence-corrected chi connectivity index (χ3v) is 5.46. The Morgan fingerprint density at radius 1 is 1.35 bits per heavy atom. The zero-order valence-electron chi connectivity index (χ0n) is 11.9. The number of aryl methyl sites for hydroxylation is 1. The topological polar surface area (TPSA) is 92.4 Å². The van der Waals surface area contributed by atoms with E-state index in [0.717, 1.165) is 18.4 Å². The Bertz CT molecular complexity index is 599. The summed E-state index contributed by atoms with van der Waals surface area (Å²) >= 11 is 0. The first-order valence-corrected chi connectivity index (χ1v) is 8.32. The molecule has 2 rings (SSSR count). The molecule has 2 unspecified atom stereocenters. The minimum absolute atomic E-state index is 0.210. The molecule has 0 aliphatic heterocycles. The van der Waals surface area contributed by atoms with Crippen LogP contribution in [0.15, 0.2) is 17.0 Å². The van der Waals surface area contributed by atoms with Gasteiger partial charge < -0.3 is 10.8 Å². The first-order chi connectivity index (χ1) is 9.29. The lowest BCUT2D eigenvalue weighted by Gasteiger charge is -2.14. The van der Waals surface area contributed by atoms with E-state index in [4.69, 9.17) is 5.73 Å². The molecular weight excluding hydrogens is 276 g/mol. The van der Waals surface area contributed by atoms with Gasteiger partial charge in [0.15, 0.2) is 0 Å². The highest BCUT2D eigenvalue weighted by molar-refractivity contribution is 7.89. The number of nitrogens with one attached hydrogen (secondary N) is 1. The molecule has 0 amide bonds. The third kappa shape index (κ3) is 3.31. The average Bonchev–Trinajstić information content (AvgIpc) is 2.77. The smallest absolute Gasteiger partial charge is 0.240 e. The summed E-state index contributed by atoms with van der Waals surface area (Å²) < 4.78 is 27.4. The predicted molar refractivity (Wildman–Crippen MR) is 78.9 cm³/mol. The van der Waals surface area contributed by atoms with Gasteiger partial charge in [-0.2, -0.15) is 0 Å². The predicted octanol–water partition coefficient (Wildman–Crippen LogP) is 1.32. The summed E-state index contributed by atoms with van der Waals surface area (Å²) in [5, 5.41) is 9.47. The van der Waals surface area contributed by atoms with Gasteiger partial charge in [0.2, 0.25) is 10.0 Å². The molecule has 20 heavy (non-hydrogen) atoms. The van der Waals surface area contributed by atoms with Gasteiger partial charge in [0.05, 0.1) is 11.0 Å². The maximum Gasteiger partial charge on any atom is 0.240 e. The van der Waals surface area contributed by atoms with Crippen LogP contribution in [0.5, 0.6) is 0 Å². The van der Waals surface area contributed by atoms with Crippen LogP contribution in [-0.4, -0.2) is 26.2 Å². The van der Waals surface area contributed by atoms with E-state index in [9.17, 15) is 13.5 Å². The second-order valence-electron chi connectivity index (χ2n) is 5.66. The van der Waals surface area contributed by atoms with E-state index < -0.39 is 10.0 Å². The van der Waals surface area contributed by atoms with Crippen LogP contribution >= 0.6 is 0 Å². The zero-order chi connectivity index (χ0) is 14.9. The van der Waals surface area contributed by atoms with Crippen molar-refractivity contribution in [3.63, 3.8) is 0 Å². The number of nitrogens with two attached hydrogens (primary N) is 1. The number of aliphatic hydroxyl groups excluding tert-OH is 1. The van der Waals surface area contributed by atoms with E-state index in [1.165, 1.54) is 0 Å². The molecule has 4 N–H and O–H groups in total. The molecule has 1 aliphatic carbocycles. The van der Waals surface area contributed by atoms with Crippen LogP contribution in [-0.2, 0) is 10.0 Å². The lowest BCUT2D eigenvalue weighted by molar-refractivity contribution is 0.178. The van der Waals surface area contributed by atoms with Crippen LogP contribution in [0.3, 0.4) is 0 Å². The maximum atomic E-state index is 12.4. The van der Waals surface area contributed by atoms with Crippen molar-refractivity contribution in [2.75, 3.05) is 12.3 Å². The van der Waals surface area contributed by atoms with E-state index >= 15 is 0 Å². The van der Waals surface area contributed by atoms with Gasteiger partial charge in [0.25, 0.3) is 0 Å². The van der Waals surface area contributed by atoms with Crippen LogP contribution in [0.25, 0.3) is 0 Å². The first kappa shape index (κ1) is 15.3. The highest BCUT2D eigenvalue weighted by Crippen LogP contribution is 2.26. The number of nitrogen functional groups attached to an aromatic ring is 1. The second kappa shape index (κ2) is 5.71. The number of anilines is 1. The molecule has 2 atom stereocenters. The number of rotatable bonds is 4. The molecular formula is C14H22N2O3S. The molecule has 1 saturated carbocycles. The first-order valence-electron chi connectivity index (χ1n) is 6.84. The number of benzene rings is 1. The summed E-state index contributed by atoms with van der Waals surface area (Å²) in [6, 6.07) is 3.40. The van der Waals surface area contributed by atoms with Crippen LogP contribution in [0.1, 0.15) is 30.4 Å². The molecule has 0 aromatic heterocycles. The molecule has 0 heterocycles. The highest BCUT2D eigenvalue weighted by atomic mass is 32.2. The summed E-state index contributed by atoms with van der Waals surface area (Å²) in [6.45, 7) is 3.90. The van der Waals surface area contributed by atoms with Crippen LogP contribution in [0, 0.1) is 19.8 Å². The summed E-state index contributed by atoms with van der Waals surface area (Å²) in [6.07, 6.45) is 1.99. The van der Waals surface area contributed by atoms with E-state index in [0.29, 0.717) is 24.2 Å².